The van der Waals surface area contributed by atoms with Crippen molar-refractivity contribution in [2.24, 2.45) is 0 Å². The van der Waals surface area contributed by atoms with Crippen LogP contribution in [0.1, 0.15) is 23.2 Å². The molecule has 0 bridgehead atoms. The summed E-state index contributed by atoms with van der Waals surface area (Å²) in [7, 11) is 0. The summed E-state index contributed by atoms with van der Waals surface area (Å²) in [6.45, 7) is 0.430. The SMILES string of the molecule is O=C(CCCn1cnc([N+](=O)[O-])n1)c1ccccc1. The van der Waals surface area contributed by atoms with E-state index >= 15 is 0 Å². The summed E-state index contributed by atoms with van der Waals surface area (Å²) in [5.41, 5.74) is 0.673. The second kappa shape index (κ2) is 5.85. The third-order valence-electron chi connectivity index (χ3n) is 2.57. The van der Waals surface area contributed by atoms with Gasteiger partial charge in [0.15, 0.2) is 5.78 Å². The maximum atomic E-state index is 11.8. The van der Waals surface area contributed by atoms with Gasteiger partial charge in [0, 0.05) is 17.1 Å². The molecule has 2 aromatic rings. The van der Waals surface area contributed by atoms with E-state index in [-0.39, 0.29) is 5.78 Å². The van der Waals surface area contributed by atoms with Gasteiger partial charge in [-0.2, -0.15) is 4.68 Å². The summed E-state index contributed by atoms with van der Waals surface area (Å²) in [5.74, 6) is -0.371. The second-order valence-electron chi connectivity index (χ2n) is 3.96. The highest BCUT2D eigenvalue weighted by Crippen LogP contribution is 2.06. The molecule has 0 saturated heterocycles. The zero-order chi connectivity index (χ0) is 13.7. The van der Waals surface area contributed by atoms with E-state index in [0.717, 1.165) is 0 Å². The number of hydrogen-bond donors (Lipinski definition) is 0. The highest BCUT2D eigenvalue weighted by atomic mass is 16.6. The first-order chi connectivity index (χ1) is 9.16. The largest absolute Gasteiger partial charge is 0.490 e. The number of benzene rings is 1. The van der Waals surface area contributed by atoms with Gasteiger partial charge in [-0.25, -0.2) is 0 Å². The van der Waals surface area contributed by atoms with Crippen LogP contribution in [-0.2, 0) is 6.54 Å². The second-order valence-corrected chi connectivity index (χ2v) is 3.96. The van der Waals surface area contributed by atoms with Crippen LogP contribution in [0.4, 0.5) is 5.95 Å². The average Bonchev–Trinajstić information content (AvgIpc) is 2.89. The Morgan fingerprint density at radius 1 is 1.32 bits per heavy atom. The molecule has 19 heavy (non-hydrogen) atoms. The van der Waals surface area contributed by atoms with Crippen LogP contribution in [-0.4, -0.2) is 25.5 Å². The lowest BCUT2D eigenvalue weighted by Crippen LogP contribution is -2.04. The fourth-order valence-electron chi connectivity index (χ4n) is 1.65. The number of rotatable bonds is 6. The van der Waals surface area contributed by atoms with Gasteiger partial charge in [0.1, 0.15) is 0 Å². The molecule has 7 nitrogen and oxygen atoms in total. The van der Waals surface area contributed by atoms with Gasteiger partial charge in [0.05, 0.1) is 6.54 Å². The van der Waals surface area contributed by atoms with Crippen LogP contribution < -0.4 is 0 Å². The molecule has 1 aromatic carbocycles. The van der Waals surface area contributed by atoms with Gasteiger partial charge in [-0.3, -0.25) is 4.79 Å². The monoisotopic (exact) mass is 260 g/mol. The van der Waals surface area contributed by atoms with E-state index in [2.05, 4.69) is 10.1 Å². The van der Waals surface area contributed by atoms with Crippen LogP contribution in [0.5, 0.6) is 0 Å². The number of carbonyl (C=O) groups excluding carboxylic acids is 1. The number of ketones is 1. The van der Waals surface area contributed by atoms with Crippen LogP contribution >= 0.6 is 0 Å². The Morgan fingerprint density at radius 3 is 2.68 bits per heavy atom. The summed E-state index contributed by atoms with van der Waals surface area (Å²) in [5, 5.41) is 14.1. The van der Waals surface area contributed by atoms with Crippen LogP contribution in [0, 0.1) is 10.1 Å². The van der Waals surface area contributed by atoms with Gasteiger partial charge in [-0.1, -0.05) is 35.3 Å². The lowest BCUT2D eigenvalue weighted by Gasteiger charge is -1.99. The average molecular weight is 260 g/mol. The van der Waals surface area contributed by atoms with Crippen molar-refractivity contribution in [2.45, 2.75) is 19.4 Å². The predicted octanol–water partition coefficient (Wildman–Crippen LogP) is 1.85. The smallest absolute Gasteiger partial charge is 0.390 e. The zero-order valence-corrected chi connectivity index (χ0v) is 10.1. The molecule has 0 aliphatic carbocycles. The molecule has 0 fully saturated rings. The van der Waals surface area contributed by atoms with E-state index in [1.54, 1.807) is 12.1 Å². The van der Waals surface area contributed by atoms with E-state index in [1.807, 2.05) is 18.2 Å². The van der Waals surface area contributed by atoms with Crippen molar-refractivity contribution in [2.75, 3.05) is 0 Å². The van der Waals surface area contributed by atoms with Crippen molar-refractivity contribution in [1.29, 1.82) is 0 Å². The maximum absolute atomic E-state index is 11.8. The molecular weight excluding hydrogens is 248 g/mol. The summed E-state index contributed by atoms with van der Waals surface area (Å²) in [4.78, 5) is 25.1. The molecule has 7 heteroatoms. The number of carbonyl (C=O) groups is 1. The lowest BCUT2D eigenvalue weighted by molar-refractivity contribution is -0.394. The topological polar surface area (TPSA) is 90.9 Å². The Bertz CT molecular complexity index is 580. The van der Waals surface area contributed by atoms with Crippen molar-refractivity contribution in [3.05, 3.63) is 52.3 Å². The molecule has 0 saturated carbocycles. The summed E-state index contributed by atoms with van der Waals surface area (Å²) < 4.78 is 1.37. The lowest BCUT2D eigenvalue weighted by atomic mass is 10.1. The molecule has 0 N–H and O–H groups in total. The Balaban J connectivity index is 1.83. The molecule has 0 aliphatic rings. The van der Waals surface area contributed by atoms with Crippen LogP contribution in [0.25, 0.3) is 0 Å². The van der Waals surface area contributed by atoms with Crippen molar-refractivity contribution >= 4 is 11.7 Å². The first kappa shape index (κ1) is 12.9. The minimum Gasteiger partial charge on any atom is -0.390 e. The van der Waals surface area contributed by atoms with E-state index in [9.17, 15) is 14.9 Å². The molecule has 0 radical (unpaired) electrons. The first-order valence-corrected chi connectivity index (χ1v) is 5.79. The summed E-state index contributed by atoms with van der Waals surface area (Å²) in [6, 6.07) is 9.01. The van der Waals surface area contributed by atoms with E-state index in [4.69, 9.17) is 0 Å². The van der Waals surface area contributed by atoms with Gasteiger partial charge >= 0.3 is 5.95 Å². The number of aromatic nitrogens is 3. The number of nitrogens with zero attached hydrogens (tertiary/aromatic N) is 4. The number of hydrogen-bond acceptors (Lipinski definition) is 5. The number of Topliss-reactive ketones (excluding diaryl/α,β-unsaturated/α-hetero) is 1. The highest BCUT2D eigenvalue weighted by Gasteiger charge is 2.13. The Kier molecular flexibility index (Phi) is 3.97. The molecule has 0 spiro atoms. The molecular formula is C12H12N4O3. The normalized spacial score (nSPS) is 10.3. The number of aryl methyl sites for hydroxylation is 1. The Hall–Kier alpha value is -2.57. The van der Waals surface area contributed by atoms with Gasteiger partial charge in [-0.05, 0) is 11.3 Å². The third kappa shape index (κ3) is 3.44. The fraction of sp³-hybridized carbons (Fsp3) is 0.250. The Labute approximate surface area is 109 Å². The molecule has 0 aliphatic heterocycles. The Morgan fingerprint density at radius 2 is 2.05 bits per heavy atom. The standard InChI is InChI=1S/C12H12N4O3/c17-11(10-5-2-1-3-6-10)7-4-8-15-9-13-12(14-15)16(18)19/h1-3,5-6,9H,4,7-8H2. The number of nitro groups is 1. The van der Waals surface area contributed by atoms with Gasteiger partial charge in [0.2, 0.25) is 6.33 Å². The van der Waals surface area contributed by atoms with Gasteiger partial charge in [-0.15, -0.1) is 0 Å². The van der Waals surface area contributed by atoms with Gasteiger partial charge < -0.3 is 10.1 Å². The molecule has 1 heterocycles. The van der Waals surface area contributed by atoms with Crippen molar-refractivity contribution in [3.8, 4) is 0 Å². The molecule has 98 valence electrons. The van der Waals surface area contributed by atoms with Gasteiger partial charge in [0.25, 0.3) is 0 Å². The molecule has 0 amide bonds. The maximum Gasteiger partial charge on any atom is 0.490 e. The van der Waals surface area contributed by atoms with Crippen molar-refractivity contribution < 1.29 is 9.72 Å². The molecule has 0 atom stereocenters. The minimum atomic E-state index is -0.647. The molecule has 0 unspecified atom stereocenters. The first-order valence-electron chi connectivity index (χ1n) is 5.79. The van der Waals surface area contributed by atoms with Crippen molar-refractivity contribution in [1.82, 2.24) is 14.8 Å². The van der Waals surface area contributed by atoms with E-state index in [0.29, 0.717) is 24.9 Å². The summed E-state index contributed by atoms with van der Waals surface area (Å²) >= 11 is 0. The minimum absolute atomic E-state index is 0.0511. The molecule has 2 rings (SSSR count). The third-order valence-corrected chi connectivity index (χ3v) is 2.57. The quantitative estimate of drug-likeness (QED) is 0.449. The summed E-state index contributed by atoms with van der Waals surface area (Å²) in [6.07, 6.45) is 2.23. The van der Waals surface area contributed by atoms with Crippen LogP contribution in [0.2, 0.25) is 0 Å². The predicted molar refractivity (Wildman–Crippen MR) is 66.7 cm³/mol. The highest BCUT2D eigenvalue weighted by molar-refractivity contribution is 5.95. The fourth-order valence-corrected chi connectivity index (χ4v) is 1.65. The van der Waals surface area contributed by atoms with Crippen LogP contribution in [0.15, 0.2) is 36.7 Å². The zero-order valence-electron chi connectivity index (χ0n) is 10.1. The van der Waals surface area contributed by atoms with Crippen LogP contribution in [0.3, 0.4) is 0 Å². The van der Waals surface area contributed by atoms with E-state index in [1.165, 1.54) is 11.0 Å². The molecule has 1 aromatic heterocycles. The van der Waals surface area contributed by atoms with E-state index < -0.39 is 10.9 Å². The van der Waals surface area contributed by atoms with Crippen molar-refractivity contribution in [3.63, 3.8) is 0 Å².